The van der Waals surface area contributed by atoms with Gasteiger partial charge < -0.3 is 9.47 Å². The van der Waals surface area contributed by atoms with Gasteiger partial charge in [0.25, 0.3) is 0 Å². The van der Waals surface area contributed by atoms with Crippen LogP contribution in [0, 0.1) is 37.5 Å². The maximum atomic E-state index is 13.0. The number of carbonyl (C=O) groups excluding carboxylic acids is 3. The number of amides is 2. The topological polar surface area (TPSA) is 72.9 Å². The zero-order valence-electron chi connectivity index (χ0n) is 17.7. The first kappa shape index (κ1) is 19.8. The fraction of sp³-hybridized carbons (Fsp3) is 0.400. The lowest BCUT2D eigenvalue weighted by molar-refractivity contribution is -0.136. The Labute approximate surface area is 181 Å². The van der Waals surface area contributed by atoms with Crippen LogP contribution in [-0.2, 0) is 14.4 Å². The molecule has 0 spiro atoms. The van der Waals surface area contributed by atoms with Crippen LogP contribution < -0.4 is 14.4 Å². The molecule has 2 bridgehead atoms. The Kier molecular flexibility index (Phi) is 4.80. The summed E-state index contributed by atoms with van der Waals surface area (Å²) < 4.78 is 10.9. The summed E-state index contributed by atoms with van der Waals surface area (Å²) in [5, 5.41) is 0. The van der Waals surface area contributed by atoms with E-state index in [-0.39, 0.29) is 36.0 Å². The van der Waals surface area contributed by atoms with Crippen LogP contribution in [0.3, 0.4) is 0 Å². The highest BCUT2D eigenvalue weighted by atomic mass is 16.6. The van der Waals surface area contributed by atoms with Crippen molar-refractivity contribution >= 4 is 23.5 Å². The van der Waals surface area contributed by atoms with Crippen LogP contribution in [0.5, 0.6) is 11.5 Å². The van der Waals surface area contributed by atoms with Crippen LogP contribution in [0.25, 0.3) is 0 Å². The van der Waals surface area contributed by atoms with Crippen LogP contribution in [0.1, 0.15) is 30.4 Å². The Hall–Kier alpha value is -3.15. The normalized spacial score (nSPS) is 26.3. The van der Waals surface area contributed by atoms with Gasteiger partial charge in [0.2, 0.25) is 11.8 Å². The van der Waals surface area contributed by atoms with Gasteiger partial charge >= 0.3 is 5.97 Å². The molecule has 6 nitrogen and oxygen atoms in total. The second-order valence-corrected chi connectivity index (χ2v) is 8.90. The number of aryl methyl sites for hydroxylation is 2. The minimum Gasteiger partial charge on any atom is -0.482 e. The summed E-state index contributed by atoms with van der Waals surface area (Å²) in [6.45, 7) is 3.75. The Morgan fingerprint density at radius 2 is 1.65 bits per heavy atom. The van der Waals surface area contributed by atoms with Gasteiger partial charge in [0.15, 0.2) is 6.61 Å². The van der Waals surface area contributed by atoms with Crippen molar-refractivity contribution < 1.29 is 23.9 Å². The second-order valence-electron chi connectivity index (χ2n) is 8.90. The number of fused-ring (bicyclic) bond motifs is 5. The number of rotatable bonds is 5. The van der Waals surface area contributed by atoms with E-state index in [4.69, 9.17) is 9.47 Å². The number of carbonyl (C=O) groups is 3. The second kappa shape index (κ2) is 7.52. The molecular weight excluding hydrogens is 394 g/mol. The summed E-state index contributed by atoms with van der Waals surface area (Å²) in [6.07, 6.45) is 3.08. The van der Waals surface area contributed by atoms with Gasteiger partial charge in [0, 0.05) is 6.07 Å². The lowest BCUT2D eigenvalue weighted by atomic mass is 9.81. The molecule has 0 N–H and O–H groups in total. The predicted molar refractivity (Wildman–Crippen MR) is 114 cm³/mol. The third-order valence-electron chi connectivity index (χ3n) is 7.07. The summed E-state index contributed by atoms with van der Waals surface area (Å²) in [5.41, 5.74) is 2.69. The fourth-order valence-corrected chi connectivity index (χ4v) is 5.46. The highest BCUT2D eigenvalue weighted by Gasteiger charge is 2.61. The molecule has 4 unspecified atom stereocenters. The molecule has 2 aromatic rings. The number of hydrogen-bond donors (Lipinski definition) is 0. The molecule has 2 aromatic carbocycles. The Morgan fingerprint density at radius 1 is 0.935 bits per heavy atom. The van der Waals surface area contributed by atoms with E-state index in [9.17, 15) is 14.4 Å². The molecule has 5 rings (SSSR count). The number of imide groups is 1. The summed E-state index contributed by atoms with van der Waals surface area (Å²) in [4.78, 5) is 39.6. The Morgan fingerprint density at radius 3 is 2.32 bits per heavy atom. The molecule has 0 aromatic heterocycles. The third-order valence-corrected chi connectivity index (χ3v) is 7.07. The fourth-order valence-electron chi connectivity index (χ4n) is 5.46. The van der Waals surface area contributed by atoms with E-state index in [0.29, 0.717) is 23.3 Å². The molecule has 1 heterocycles. The maximum Gasteiger partial charge on any atom is 0.349 e. The van der Waals surface area contributed by atoms with Crippen LogP contribution in [0.2, 0.25) is 0 Å². The standard InChI is InChI=1S/C25H25NO5/c1-14-6-9-19(10-15(14)2)30-13-21(27)31-20-5-3-4-18(12-20)26-24(28)22-16-7-8-17(11-16)23(22)25(26)29/h3-6,9-10,12,16-17,22-23H,7-8,11,13H2,1-2H3. The summed E-state index contributed by atoms with van der Waals surface area (Å²) in [6, 6.07) is 12.2. The molecule has 31 heavy (non-hydrogen) atoms. The van der Waals surface area contributed by atoms with Crippen molar-refractivity contribution in [3.63, 3.8) is 0 Å². The van der Waals surface area contributed by atoms with Crippen molar-refractivity contribution in [2.24, 2.45) is 23.7 Å². The first-order valence-corrected chi connectivity index (χ1v) is 10.8. The zero-order valence-corrected chi connectivity index (χ0v) is 17.7. The Balaban J connectivity index is 1.26. The van der Waals surface area contributed by atoms with Gasteiger partial charge in [-0.1, -0.05) is 12.1 Å². The smallest absolute Gasteiger partial charge is 0.349 e. The van der Waals surface area contributed by atoms with Crippen molar-refractivity contribution in [1.29, 1.82) is 0 Å². The van der Waals surface area contributed by atoms with E-state index in [2.05, 4.69) is 0 Å². The average Bonchev–Trinajstić information content (AvgIpc) is 3.43. The molecule has 4 atom stereocenters. The highest BCUT2D eigenvalue weighted by Crippen LogP contribution is 2.56. The first-order chi connectivity index (χ1) is 14.9. The lowest BCUT2D eigenvalue weighted by Gasteiger charge is -2.19. The van der Waals surface area contributed by atoms with Crippen LogP contribution in [0.4, 0.5) is 5.69 Å². The van der Waals surface area contributed by atoms with Crippen molar-refractivity contribution in [3.05, 3.63) is 53.6 Å². The molecular formula is C25H25NO5. The number of ether oxygens (including phenoxy) is 2. The monoisotopic (exact) mass is 419 g/mol. The molecule has 2 amide bonds. The quantitative estimate of drug-likeness (QED) is 0.418. The van der Waals surface area contributed by atoms with Gasteiger partial charge in [-0.2, -0.15) is 0 Å². The van der Waals surface area contributed by atoms with Crippen LogP contribution in [-0.4, -0.2) is 24.4 Å². The highest BCUT2D eigenvalue weighted by molar-refractivity contribution is 6.22. The van der Waals surface area contributed by atoms with Crippen molar-refractivity contribution in [1.82, 2.24) is 0 Å². The van der Waals surface area contributed by atoms with E-state index in [0.717, 1.165) is 30.4 Å². The first-order valence-electron chi connectivity index (χ1n) is 10.8. The molecule has 3 fully saturated rings. The molecule has 160 valence electrons. The van der Waals surface area contributed by atoms with Crippen molar-refractivity contribution in [2.45, 2.75) is 33.1 Å². The third kappa shape index (κ3) is 3.40. The predicted octanol–water partition coefficient (Wildman–Crippen LogP) is 3.82. The number of nitrogens with zero attached hydrogens (tertiary/aromatic N) is 1. The number of hydrogen-bond acceptors (Lipinski definition) is 5. The Bertz CT molecular complexity index is 1050. The van der Waals surface area contributed by atoms with Gasteiger partial charge in [-0.3, -0.25) is 9.59 Å². The van der Waals surface area contributed by atoms with Crippen LogP contribution >= 0.6 is 0 Å². The number of anilines is 1. The zero-order chi connectivity index (χ0) is 21.7. The molecule has 2 aliphatic carbocycles. The van der Waals surface area contributed by atoms with E-state index >= 15 is 0 Å². The molecule has 3 aliphatic rings. The van der Waals surface area contributed by atoms with Gasteiger partial charge in [0.05, 0.1) is 17.5 Å². The molecule has 1 saturated heterocycles. The van der Waals surface area contributed by atoms with Gasteiger partial charge in [0.1, 0.15) is 11.5 Å². The molecule has 2 saturated carbocycles. The van der Waals surface area contributed by atoms with Gasteiger partial charge in [-0.05, 0) is 80.3 Å². The average molecular weight is 419 g/mol. The molecule has 6 heteroatoms. The van der Waals surface area contributed by atoms with Crippen LogP contribution in [0.15, 0.2) is 42.5 Å². The largest absolute Gasteiger partial charge is 0.482 e. The SMILES string of the molecule is Cc1ccc(OCC(=O)Oc2cccc(N3C(=O)C4C5CCC(C5)C4C3=O)c2)cc1C. The maximum absolute atomic E-state index is 13.0. The van der Waals surface area contributed by atoms with Gasteiger partial charge in [-0.25, -0.2) is 9.69 Å². The van der Waals surface area contributed by atoms with Gasteiger partial charge in [-0.15, -0.1) is 0 Å². The minimum atomic E-state index is -0.552. The lowest BCUT2D eigenvalue weighted by Crippen LogP contribution is -2.32. The minimum absolute atomic E-state index is 0.108. The van der Waals surface area contributed by atoms with Crippen molar-refractivity contribution in [3.8, 4) is 11.5 Å². The summed E-state index contributed by atoms with van der Waals surface area (Å²) in [5.74, 6) is 0.430. The van der Waals surface area contributed by atoms with E-state index < -0.39 is 5.97 Å². The molecule has 0 radical (unpaired) electrons. The summed E-state index contributed by atoms with van der Waals surface area (Å²) in [7, 11) is 0. The summed E-state index contributed by atoms with van der Waals surface area (Å²) >= 11 is 0. The van der Waals surface area contributed by atoms with E-state index in [1.54, 1.807) is 24.3 Å². The van der Waals surface area contributed by atoms with Crippen molar-refractivity contribution in [2.75, 3.05) is 11.5 Å². The molecule has 1 aliphatic heterocycles. The van der Waals surface area contributed by atoms with E-state index in [1.807, 2.05) is 32.0 Å². The number of benzene rings is 2. The number of esters is 1. The van der Waals surface area contributed by atoms with E-state index in [1.165, 1.54) is 4.90 Å².